The van der Waals surface area contributed by atoms with Crippen molar-refractivity contribution in [3.05, 3.63) is 0 Å². The van der Waals surface area contributed by atoms with Crippen molar-refractivity contribution in [3.8, 4) is 0 Å². The Bertz CT molecular complexity index is 858. The molecule has 4 unspecified atom stereocenters. The van der Waals surface area contributed by atoms with Gasteiger partial charge in [0.25, 0.3) is 0 Å². The molecule has 9 N–H and O–H groups in total. The van der Waals surface area contributed by atoms with Crippen LogP contribution >= 0.6 is 23.5 Å². The summed E-state index contributed by atoms with van der Waals surface area (Å²) in [6.07, 6.45) is -11.1. The molecule has 0 heterocycles. The highest BCUT2D eigenvalue weighted by Crippen LogP contribution is 2.51. The maximum atomic E-state index is 12.0. The van der Waals surface area contributed by atoms with E-state index >= 15 is 0 Å². The first-order chi connectivity index (χ1) is 21.1. The molecular formula is C21H45O21P3. The highest BCUT2D eigenvalue weighted by molar-refractivity contribution is 7.47. The normalized spacial score (nSPS) is 24.7. The van der Waals surface area contributed by atoms with Gasteiger partial charge in [-0.1, -0.05) is 0 Å². The van der Waals surface area contributed by atoms with Crippen LogP contribution in [0, 0.1) is 0 Å². The molecule has 270 valence electrons. The van der Waals surface area contributed by atoms with Crippen molar-refractivity contribution in [1.82, 2.24) is 0 Å². The maximum Gasteiger partial charge on any atom is 0.470 e. The summed E-state index contributed by atoms with van der Waals surface area (Å²) < 4.78 is 83.6. The summed E-state index contributed by atoms with van der Waals surface area (Å²) in [4.78, 5) is 58.1. The molecule has 45 heavy (non-hydrogen) atoms. The lowest BCUT2D eigenvalue weighted by atomic mass is 9.84. The van der Waals surface area contributed by atoms with E-state index in [0.717, 1.165) is 0 Å². The molecule has 21 nitrogen and oxygen atoms in total. The zero-order valence-corrected chi connectivity index (χ0v) is 27.0. The monoisotopic (exact) mass is 726 g/mol. The molecule has 4 atom stereocenters. The van der Waals surface area contributed by atoms with Crippen LogP contribution in [0.2, 0.25) is 0 Å². The minimum absolute atomic E-state index is 0.00892. The zero-order chi connectivity index (χ0) is 33.9. The predicted octanol–water partition coefficient (Wildman–Crippen LogP) is -2.21. The van der Waals surface area contributed by atoms with Gasteiger partial charge in [0.1, 0.15) is 36.6 Å². The molecule has 1 aliphatic rings. The van der Waals surface area contributed by atoms with E-state index in [2.05, 4.69) is 0 Å². The fraction of sp³-hybridized carbons (Fsp3) is 1.00. The summed E-state index contributed by atoms with van der Waals surface area (Å²) in [7, 11) is -16.6. The summed E-state index contributed by atoms with van der Waals surface area (Å²) in [5.41, 5.74) is 0. The third kappa shape index (κ3) is 19.5. The molecule has 24 heteroatoms. The Hall–Kier alpha value is -0.0300. The standard InChI is InChI=1S/C21H45O21P3/c22-4-13-34-7-1-10-37-16-17(38-11-2-8-35-14-5-23)19(40-43(25,26)27)21(42-45(31,32)33)20(41-44(28,29)30)18(16)39-12-3-9-36-15-6-24/h16-24H,1-15H2,(H2,25,26,27)(H2,28,29,30)(H2,31,32,33). The average molecular weight is 726 g/mol. The minimum Gasteiger partial charge on any atom is -0.394 e. The van der Waals surface area contributed by atoms with Gasteiger partial charge in [-0.25, -0.2) is 13.7 Å². The molecule has 0 radical (unpaired) electrons. The summed E-state index contributed by atoms with van der Waals surface area (Å²) in [5, 5.41) is 26.7. The molecule has 0 bridgehead atoms. The van der Waals surface area contributed by atoms with Crippen LogP contribution in [-0.4, -0.2) is 161 Å². The van der Waals surface area contributed by atoms with Crippen LogP contribution in [0.3, 0.4) is 0 Å². The van der Waals surface area contributed by atoms with E-state index in [-0.39, 0.29) is 98.5 Å². The van der Waals surface area contributed by atoms with Crippen LogP contribution in [0.15, 0.2) is 0 Å². The van der Waals surface area contributed by atoms with Gasteiger partial charge in [-0.2, -0.15) is 0 Å². The number of ether oxygens (including phenoxy) is 6. The Balaban J connectivity index is 3.55. The number of aliphatic hydroxyl groups excluding tert-OH is 3. The molecule has 0 aromatic carbocycles. The largest absolute Gasteiger partial charge is 0.470 e. The number of hydrogen-bond donors (Lipinski definition) is 9. The highest BCUT2D eigenvalue weighted by Gasteiger charge is 2.59. The summed E-state index contributed by atoms with van der Waals surface area (Å²) in [6, 6.07) is 0. The van der Waals surface area contributed by atoms with Crippen LogP contribution in [0.25, 0.3) is 0 Å². The molecular weight excluding hydrogens is 681 g/mol. The molecule has 1 aliphatic carbocycles. The van der Waals surface area contributed by atoms with Crippen molar-refractivity contribution >= 4 is 23.5 Å². The lowest BCUT2D eigenvalue weighted by Gasteiger charge is -2.49. The van der Waals surface area contributed by atoms with Crippen molar-refractivity contribution in [2.45, 2.75) is 55.9 Å². The van der Waals surface area contributed by atoms with Gasteiger partial charge in [-0.15, -0.1) is 0 Å². The zero-order valence-electron chi connectivity index (χ0n) is 24.3. The molecule has 0 aromatic rings. The van der Waals surface area contributed by atoms with Gasteiger partial charge >= 0.3 is 23.5 Å². The second-order valence-corrected chi connectivity index (χ2v) is 12.8. The van der Waals surface area contributed by atoms with Gasteiger partial charge in [0.15, 0.2) is 0 Å². The first-order valence-electron chi connectivity index (χ1n) is 13.8. The van der Waals surface area contributed by atoms with Crippen molar-refractivity contribution in [3.63, 3.8) is 0 Å². The third-order valence-electron chi connectivity index (χ3n) is 5.66. The second-order valence-electron chi connectivity index (χ2n) is 9.26. The lowest BCUT2D eigenvalue weighted by Crippen LogP contribution is -2.67. The van der Waals surface area contributed by atoms with Crippen molar-refractivity contribution in [2.75, 3.05) is 79.3 Å². The first kappa shape index (κ1) is 43.0. The Morgan fingerprint density at radius 3 is 0.867 bits per heavy atom. The van der Waals surface area contributed by atoms with Crippen molar-refractivity contribution < 1.29 is 100 Å². The van der Waals surface area contributed by atoms with Crippen LogP contribution in [0.5, 0.6) is 0 Å². The van der Waals surface area contributed by atoms with E-state index in [1.54, 1.807) is 0 Å². The Morgan fingerprint density at radius 1 is 0.378 bits per heavy atom. The number of phosphoric acid groups is 3. The van der Waals surface area contributed by atoms with Crippen molar-refractivity contribution in [2.24, 2.45) is 0 Å². The average Bonchev–Trinajstić information content (AvgIpc) is 2.92. The van der Waals surface area contributed by atoms with E-state index < -0.39 is 60.1 Å². The quantitative estimate of drug-likeness (QED) is 0.0320. The van der Waals surface area contributed by atoms with Gasteiger partial charge in [-0.05, 0) is 19.3 Å². The van der Waals surface area contributed by atoms with Gasteiger partial charge in [0, 0.05) is 39.6 Å². The van der Waals surface area contributed by atoms with E-state index in [1.165, 1.54) is 0 Å². The fourth-order valence-corrected chi connectivity index (χ4v) is 5.84. The van der Waals surface area contributed by atoms with Crippen LogP contribution < -0.4 is 0 Å². The lowest BCUT2D eigenvalue weighted by molar-refractivity contribution is -0.249. The minimum atomic E-state index is -5.58. The smallest absolute Gasteiger partial charge is 0.394 e. The molecule has 1 fully saturated rings. The summed E-state index contributed by atoms with van der Waals surface area (Å²) in [6.45, 7) is -1.15. The maximum absolute atomic E-state index is 12.0. The molecule has 0 aromatic heterocycles. The van der Waals surface area contributed by atoms with Gasteiger partial charge in [0.05, 0.1) is 39.6 Å². The third-order valence-corrected chi connectivity index (χ3v) is 7.21. The molecule has 0 amide bonds. The van der Waals surface area contributed by atoms with Gasteiger partial charge < -0.3 is 73.1 Å². The molecule has 0 spiro atoms. The molecule has 0 aliphatic heterocycles. The van der Waals surface area contributed by atoms with Crippen molar-refractivity contribution in [1.29, 1.82) is 0 Å². The van der Waals surface area contributed by atoms with Gasteiger partial charge in [-0.3, -0.25) is 13.6 Å². The Labute approximate surface area is 259 Å². The van der Waals surface area contributed by atoms with Crippen LogP contribution in [0.4, 0.5) is 0 Å². The van der Waals surface area contributed by atoms with Crippen LogP contribution in [0.1, 0.15) is 19.3 Å². The van der Waals surface area contributed by atoms with E-state index in [9.17, 15) is 43.1 Å². The molecule has 0 saturated heterocycles. The summed E-state index contributed by atoms with van der Waals surface area (Å²) >= 11 is 0. The predicted molar refractivity (Wildman–Crippen MR) is 148 cm³/mol. The van der Waals surface area contributed by atoms with E-state index in [1.807, 2.05) is 0 Å². The Morgan fingerprint density at radius 2 is 0.622 bits per heavy atom. The fourth-order valence-electron chi connectivity index (χ4n) is 4.17. The van der Waals surface area contributed by atoms with E-state index in [4.69, 9.17) is 57.3 Å². The number of phosphoric ester groups is 3. The highest BCUT2D eigenvalue weighted by atomic mass is 31.2. The van der Waals surface area contributed by atoms with Crippen LogP contribution in [-0.2, 0) is 55.7 Å². The number of hydrogen-bond acceptors (Lipinski definition) is 15. The number of rotatable bonds is 27. The van der Waals surface area contributed by atoms with Gasteiger partial charge in [0.2, 0.25) is 0 Å². The Kier molecular flexibility index (Phi) is 21.6. The first-order valence-corrected chi connectivity index (χ1v) is 18.3. The molecule has 1 rings (SSSR count). The molecule has 1 saturated carbocycles. The second kappa shape index (κ2) is 22.6. The summed E-state index contributed by atoms with van der Waals surface area (Å²) in [5.74, 6) is 0. The SMILES string of the molecule is O=P(O)(O)OC1C(OCCCOCCO)C(OCCCOCCO)C(OCCCOCCO)C(OP(=O)(O)O)C1OP(=O)(O)O. The van der Waals surface area contributed by atoms with E-state index in [0.29, 0.717) is 0 Å². The number of aliphatic hydroxyl groups is 3. The topological polar surface area (TPSA) is 316 Å².